The first kappa shape index (κ1) is 43.0. The Kier molecular flexibility index (Phi) is 14.2. The number of hydrogen-bond donors (Lipinski definition) is 6. The summed E-state index contributed by atoms with van der Waals surface area (Å²) in [5, 5.41) is 17.6. The summed E-state index contributed by atoms with van der Waals surface area (Å²) >= 11 is 0. The summed E-state index contributed by atoms with van der Waals surface area (Å²) in [6, 6.07) is 27.4. The fraction of sp³-hybridized carbons (Fsp3) is 0.277. The number of ether oxygens (including phenoxy) is 2. The van der Waals surface area contributed by atoms with Crippen LogP contribution >= 0.6 is 0 Å². The third kappa shape index (κ3) is 10.8. The molecule has 4 aromatic rings. The molecule has 6 N–H and O–H groups in total. The van der Waals surface area contributed by atoms with Crippen molar-refractivity contribution >= 4 is 63.8 Å². The lowest BCUT2D eigenvalue weighted by atomic mass is 9.99. The molecule has 6 amide bonds. The summed E-state index contributed by atoms with van der Waals surface area (Å²) in [6.07, 6.45) is 0.610. The van der Waals surface area contributed by atoms with Gasteiger partial charge in [0.1, 0.15) is 6.04 Å². The Hall–Kier alpha value is -7.12. The lowest BCUT2D eigenvalue weighted by molar-refractivity contribution is -0.137. The minimum absolute atomic E-state index is 0.141. The van der Waals surface area contributed by atoms with E-state index in [0.717, 1.165) is 22.4 Å². The van der Waals surface area contributed by atoms with Gasteiger partial charge >= 0.3 is 0 Å². The molecule has 0 saturated carbocycles. The van der Waals surface area contributed by atoms with Crippen LogP contribution in [0.3, 0.4) is 0 Å². The molecule has 15 nitrogen and oxygen atoms in total. The first-order chi connectivity index (χ1) is 30.2. The van der Waals surface area contributed by atoms with E-state index in [9.17, 15) is 28.8 Å². The summed E-state index contributed by atoms with van der Waals surface area (Å²) < 4.78 is 11.3. The molecule has 62 heavy (non-hydrogen) atoms. The predicted octanol–water partition coefficient (Wildman–Crippen LogP) is 4.02. The average Bonchev–Trinajstić information content (AvgIpc) is 3.77. The van der Waals surface area contributed by atoms with E-state index in [-0.39, 0.29) is 62.0 Å². The Labute approximate surface area is 359 Å². The molecular formula is C47H47N7O8. The van der Waals surface area contributed by atoms with Crippen LogP contribution in [0.2, 0.25) is 0 Å². The molecule has 3 aliphatic heterocycles. The van der Waals surface area contributed by atoms with Gasteiger partial charge in [-0.15, -0.1) is 0 Å². The van der Waals surface area contributed by atoms with Crippen LogP contribution in [-0.2, 0) is 46.5 Å². The molecule has 318 valence electrons. The largest absolute Gasteiger partial charge is 0.379 e. The maximum atomic E-state index is 13.4. The molecule has 1 atom stereocenters. The molecule has 1 saturated heterocycles. The number of hydrogen-bond acceptors (Lipinski definition) is 10. The number of piperidine rings is 1. The lowest BCUT2D eigenvalue weighted by Crippen LogP contribution is -2.52. The molecule has 15 heteroatoms. The Morgan fingerprint density at radius 1 is 0.823 bits per heavy atom. The molecule has 0 aromatic heterocycles. The van der Waals surface area contributed by atoms with E-state index < -0.39 is 11.9 Å². The van der Waals surface area contributed by atoms with Crippen molar-refractivity contribution < 1.29 is 38.2 Å². The number of anilines is 3. The number of carbonyl (C=O) groups is 6. The third-order valence-corrected chi connectivity index (χ3v) is 10.4. The van der Waals surface area contributed by atoms with Crippen molar-refractivity contribution in [1.82, 2.24) is 20.9 Å². The predicted molar refractivity (Wildman–Crippen MR) is 233 cm³/mol. The number of fused-ring (bicyclic) bond motifs is 2. The zero-order valence-electron chi connectivity index (χ0n) is 34.2. The van der Waals surface area contributed by atoms with E-state index in [0.29, 0.717) is 78.8 Å². The SMILES string of the molecule is CCNC(=O)C#Cc1ccc2c(c1)NC(=O)/C2=C(\Nc1ccc(CNCCOCCOCCC(=O)Nc2ccc3c(c2)CN(C2CCC(=O)NC2=O)C3=O)cc1)c1ccccc1. The van der Waals surface area contributed by atoms with E-state index in [1.807, 2.05) is 67.6 Å². The number of amides is 6. The molecule has 3 aliphatic rings. The van der Waals surface area contributed by atoms with E-state index in [4.69, 9.17) is 9.47 Å². The van der Waals surface area contributed by atoms with E-state index in [1.165, 1.54) is 4.90 Å². The van der Waals surface area contributed by atoms with E-state index in [2.05, 4.69) is 43.7 Å². The number of nitrogens with zero attached hydrogens (tertiary/aromatic N) is 1. The number of rotatable bonds is 17. The monoisotopic (exact) mass is 837 g/mol. The molecule has 0 spiro atoms. The second-order valence-electron chi connectivity index (χ2n) is 14.7. The molecule has 0 aliphatic carbocycles. The number of benzene rings is 4. The number of nitrogens with one attached hydrogen (secondary N) is 6. The highest BCUT2D eigenvalue weighted by atomic mass is 16.5. The van der Waals surface area contributed by atoms with Crippen molar-refractivity contribution in [2.24, 2.45) is 0 Å². The van der Waals surface area contributed by atoms with Gasteiger partial charge in [0.15, 0.2) is 0 Å². The number of carbonyl (C=O) groups excluding carboxylic acids is 6. The van der Waals surface area contributed by atoms with Crippen molar-refractivity contribution in [1.29, 1.82) is 0 Å². The van der Waals surface area contributed by atoms with Crippen molar-refractivity contribution in [3.8, 4) is 11.8 Å². The Morgan fingerprint density at radius 2 is 1.58 bits per heavy atom. The van der Waals surface area contributed by atoms with Crippen LogP contribution in [0, 0.1) is 11.8 Å². The van der Waals surface area contributed by atoms with Crippen LogP contribution in [0.1, 0.15) is 64.4 Å². The molecule has 1 unspecified atom stereocenters. The van der Waals surface area contributed by atoms with Crippen LogP contribution in [0.15, 0.2) is 91.0 Å². The summed E-state index contributed by atoms with van der Waals surface area (Å²) in [5.74, 6) is 3.52. The maximum absolute atomic E-state index is 13.4. The average molecular weight is 838 g/mol. The van der Waals surface area contributed by atoms with Crippen LogP contribution in [0.25, 0.3) is 11.3 Å². The van der Waals surface area contributed by atoms with Crippen LogP contribution in [0.4, 0.5) is 17.1 Å². The molecule has 4 aromatic carbocycles. The van der Waals surface area contributed by atoms with Crippen LogP contribution < -0.4 is 31.9 Å². The smallest absolute Gasteiger partial charge is 0.296 e. The Morgan fingerprint density at radius 3 is 2.35 bits per heavy atom. The van der Waals surface area contributed by atoms with Crippen molar-refractivity contribution in [3.63, 3.8) is 0 Å². The summed E-state index contributed by atoms with van der Waals surface area (Å²) in [4.78, 5) is 76.0. The maximum Gasteiger partial charge on any atom is 0.296 e. The van der Waals surface area contributed by atoms with Gasteiger partial charge in [-0.1, -0.05) is 54.5 Å². The van der Waals surface area contributed by atoms with Gasteiger partial charge in [0.25, 0.3) is 17.7 Å². The van der Waals surface area contributed by atoms with Gasteiger partial charge in [0.2, 0.25) is 17.7 Å². The highest BCUT2D eigenvalue weighted by Gasteiger charge is 2.39. The van der Waals surface area contributed by atoms with Crippen LogP contribution in [0.5, 0.6) is 0 Å². The van der Waals surface area contributed by atoms with E-state index >= 15 is 0 Å². The Balaban J connectivity index is 0.805. The Bertz CT molecular complexity index is 2460. The normalized spacial score (nSPS) is 16.1. The second-order valence-corrected chi connectivity index (χ2v) is 14.7. The van der Waals surface area contributed by atoms with E-state index in [1.54, 1.807) is 30.3 Å². The topological polar surface area (TPSA) is 196 Å². The molecule has 7 rings (SSSR count). The van der Waals surface area contributed by atoms with Gasteiger partial charge in [-0.05, 0) is 72.5 Å². The number of imide groups is 1. The fourth-order valence-corrected chi connectivity index (χ4v) is 7.31. The van der Waals surface area contributed by atoms with Gasteiger partial charge < -0.3 is 41.0 Å². The first-order valence-corrected chi connectivity index (χ1v) is 20.5. The van der Waals surface area contributed by atoms with Gasteiger partial charge in [0.05, 0.1) is 49.8 Å². The second kappa shape index (κ2) is 20.4. The van der Waals surface area contributed by atoms with Crippen molar-refractivity contribution in [2.75, 3.05) is 55.5 Å². The zero-order chi connectivity index (χ0) is 43.4. The summed E-state index contributed by atoms with van der Waals surface area (Å²) in [6.45, 7) is 5.20. The quantitative estimate of drug-likeness (QED) is 0.0392. The first-order valence-electron chi connectivity index (χ1n) is 20.5. The van der Waals surface area contributed by atoms with Gasteiger partial charge in [0, 0.05) is 66.6 Å². The molecule has 3 heterocycles. The molecule has 0 radical (unpaired) electrons. The van der Waals surface area contributed by atoms with Gasteiger partial charge in [-0.3, -0.25) is 34.1 Å². The van der Waals surface area contributed by atoms with Crippen molar-refractivity contribution in [2.45, 2.75) is 45.3 Å². The molecular weight excluding hydrogens is 791 g/mol. The third-order valence-electron chi connectivity index (χ3n) is 10.4. The standard InChI is InChI=1S/C47H47N7O8/c1-2-49-40(55)18-11-30-10-15-37-38(26-30)52-46(59)43(37)44(32-6-4-3-5-7-32)51-34-12-8-31(9-13-34)28-48-21-23-62-25-24-61-22-20-42(57)50-35-14-16-36-33(27-35)29-54(47(36)60)39-17-19-41(56)53-45(39)58/h3-10,12-16,26-27,39,48,51H,2,17,19-25,28-29H2,1H3,(H,49,55)(H,50,57)(H,52,59)(H,53,56,58)/b44-43-. The minimum atomic E-state index is -0.696. The minimum Gasteiger partial charge on any atom is -0.379 e. The zero-order valence-corrected chi connectivity index (χ0v) is 34.2. The summed E-state index contributed by atoms with van der Waals surface area (Å²) in [5.41, 5.74) is 7.61. The van der Waals surface area contributed by atoms with Crippen LogP contribution in [-0.4, -0.2) is 85.9 Å². The van der Waals surface area contributed by atoms with Crippen molar-refractivity contribution in [3.05, 3.63) is 124 Å². The molecule has 1 fully saturated rings. The molecule has 0 bridgehead atoms. The highest BCUT2D eigenvalue weighted by molar-refractivity contribution is 6.37. The van der Waals surface area contributed by atoms with Gasteiger partial charge in [-0.2, -0.15) is 0 Å². The fourth-order valence-electron chi connectivity index (χ4n) is 7.31. The summed E-state index contributed by atoms with van der Waals surface area (Å²) in [7, 11) is 0. The highest BCUT2D eigenvalue weighted by Crippen LogP contribution is 2.38. The van der Waals surface area contributed by atoms with Gasteiger partial charge in [-0.25, -0.2) is 0 Å². The lowest BCUT2D eigenvalue weighted by Gasteiger charge is -2.29.